The van der Waals surface area contributed by atoms with Crippen molar-refractivity contribution in [1.82, 2.24) is 5.32 Å². The minimum absolute atomic E-state index is 0.116. The highest BCUT2D eigenvalue weighted by Gasteiger charge is 2.35. The van der Waals surface area contributed by atoms with Gasteiger partial charge in [0.2, 0.25) is 0 Å². The van der Waals surface area contributed by atoms with Gasteiger partial charge >= 0.3 is 0 Å². The first kappa shape index (κ1) is 27.3. The van der Waals surface area contributed by atoms with Gasteiger partial charge < -0.3 is 19.4 Å². The first-order chi connectivity index (χ1) is 20.3. The second kappa shape index (κ2) is 10.8. The summed E-state index contributed by atoms with van der Waals surface area (Å²) in [4.78, 5) is 29.1. The van der Waals surface area contributed by atoms with Gasteiger partial charge in [0.05, 0.1) is 18.2 Å². The quantitative estimate of drug-likeness (QED) is 0.221. The van der Waals surface area contributed by atoms with Crippen LogP contribution in [0.2, 0.25) is 0 Å². The number of nitrogens with one attached hydrogen (secondary N) is 1. The third-order valence-electron chi connectivity index (χ3n) is 7.75. The number of carbonyl (C=O) groups is 2. The molecule has 0 bridgehead atoms. The van der Waals surface area contributed by atoms with Crippen LogP contribution in [0, 0.1) is 19.7 Å². The van der Waals surface area contributed by atoms with Crippen molar-refractivity contribution in [2.75, 3.05) is 19.1 Å². The Morgan fingerprint density at radius 1 is 0.952 bits per heavy atom. The molecule has 1 aromatic heterocycles. The third-order valence-corrected chi connectivity index (χ3v) is 7.75. The van der Waals surface area contributed by atoms with Crippen molar-refractivity contribution in [2.24, 2.45) is 0 Å². The van der Waals surface area contributed by atoms with Crippen LogP contribution in [0.5, 0.6) is 5.75 Å². The first-order valence-electron chi connectivity index (χ1n) is 13.9. The number of furan rings is 1. The van der Waals surface area contributed by atoms with E-state index in [2.05, 4.69) is 5.32 Å². The van der Waals surface area contributed by atoms with Crippen molar-refractivity contribution in [3.05, 3.63) is 107 Å². The van der Waals surface area contributed by atoms with Gasteiger partial charge in [0.15, 0.2) is 0 Å². The van der Waals surface area contributed by atoms with Crippen LogP contribution < -0.4 is 15.0 Å². The van der Waals surface area contributed by atoms with Crippen molar-refractivity contribution >= 4 is 28.5 Å². The third kappa shape index (κ3) is 4.91. The molecule has 0 atom stereocenters. The van der Waals surface area contributed by atoms with Crippen molar-refractivity contribution in [2.45, 2.75) is 32.7 Å². The molecule has 1 heterocycles. The minimum Gasteiger partial charge on any atom is -0.496 e. The Morgan fingerprint density at radius 2 is 1.69 bits per heavy atom. The standard InChI is InChI=1S/C35H31FN2O4/c1-20-6-5-7-26(16-20)38(25-13-14-25)35(40)29-19-27(21(2)17-31(29)41-4)23-10-15-30-28(18-23)32(34(39)37-3)33(42-30)22-8-11-24(36)12-9-22/h5-12,15-19,25H,13-14H2,1-4H3,(H,37,39). The van der Waals surface area contributed by atoms with E-state index < -0.39 is 0 Å². The molecule has 0 saturated heterocycles. The van der Waals surface area contributed by atoms with Gasteiger partial charge in [-0.15, -0.1) is 0 Å². The van der Waals surface area contributed by atoms with E-state index in [9.17, 15) is 14.0 Å². The summed E-state index contributed by atoms with van der Waals surface area (Å²) in [5.41, 5.74) is 6.49. The zero-order chi connectivity index (χ0) is 29.5. The molecule has 1 N–H and O–H groups in total. The normalized spacial score (nSPS) is 12.8. The van der Waals surface area contributed by atoms with Gasteiger partial charge in [0.1, 0.15) is 22.9 Å². The molecule has 5 aromatic rings. The molecule has 6 nitrogen and oxygen atoms in total. The molecule has 4 aromatic carbocycles. The van der Waals surface area contributed by atoms with Crippen molar-refractivity contribution in [3.8, 4) is 28.2 Å². The lowest BCUT2D eigenvalue weighted by molar-refractivity contribution is 0.0961. The number of benzene rings is 4. The summed E-state index contributed by atoms with van der Waals surface area (Å²) in [5, 5.41) is 3.32. The lowest BCUT2D eigenvalue weighted by atomic mass is 9.94. The molecule has 1 aliphatic rings. The Labute approximate surface area is 243 Å². The molecular formula is C35H31FN2O4. The lowest BCUT2D eigenvalue weighted by Crippen LogP contribution is -2.33. The van der Waals surface area contributed by atoms with E-state index >= 15 is 0 Å². The van der Waals surface area contributed by atoms with E-state index in [0.717, 1.165) is 40.8 Å². The maximum Gasteiger partial charge on any atom is 0.262 e. The predicted octanol–water partition coefficient (Wildman–Crippen LogP) is 7.70. The number of aryl methyl sites for hydroxylation is 2. The van der Waals surface area contributed by atoms with Crippen LogP contribution in [0.15, 0.2) is 83.3 Å². The smallest absolute Gasteiger partial charge is 0.262 e. The van der Waals surface area contributed by atoms with Gasteiger partial charge in [-0.3, -0.25) is 9.59 Å². The second-order valence-corrected chi connectivity index (χ2v) is 10.7. The topological polar surface area (TPSA) is 71.8 Å². The van der Waals surface area contributed by atoms with E-state index in [4.69, 9.17) is 9.15 Å². The molecule has 0 spiro atoms. The van der Waals surface area contributed by atoms with E-state index in [1.165, 1.54) is 12.1 Å². The van der Waals surface area contributed by atoms with E-state index in [0.29, 0.717) is 39.2 Å². The number of hydrogen-bond acceptors (Lipinski definition) is 4. The van der Waals surface area contributed by atoms with Gasteiger partial charge in [0.25, 0.3) is 11.8 Å². The molecule has 1 fully saturated rings. The molecule has 6 rings (SSSR count). The molecule has 42 heavy (non-hydrogen) atoms. The molecule has 0 aliphatic heterocycles. The van der Waals surface area contributed by atoms with Crippen LogP contribution in [0.4, 0.5) is 10.1 Å². The molecule has 0 radical (unpaired) electrons. The zero-order valence-corrected chi connectivity index (χ0v) is 24.0. The van der Waals surface area contributed by atoms with Crippen LogP contribution in [0.1, 0.15) is 44.7 Å². The number of halogens is 1. The van der Waals surface area contributed by atoms with Crippen molar-refractivity contribution in [3.63, 3.8) is 0 Å². The number of nitrogens with zero attached hydrogens (tertiary/aromatic N) is 1. The summed E-state index contributed by atoms with van der Waals surface area (Å²) in [6.45, 7) is 3.98. The molecule has 212 valence electrons. The van der Waals surface area contributed by atoms with Crippen LogP contribution in [-0.2, 0) is 0 Å². The highest BCUT2D eigenvalue weighted by atomic mass is 19.1. The number of anilines is 1. The van der Waals surface area contributed by atoms with Gasteiger partial charge in [-0.05, 0) is 110 Å². The lowest BCUT2D eigenvalue weighted by Gasteiger charge is -2.25. The fourth-order valence-corrected chi connectivity index (χ4v) is 5.48. The SMILES string of the molecule is CNC(=O)c1c(-c2ccc(F)cc2)oc2ccc(-c3cc(C(=O)N(c4cccc(C)c4)C4CC4)c(OC)cc3C)cc12. The number of ether oxygens (including phenoxy) is 1. The van der Waals surface area contributed by atoms with E-state index in [-0.39, 0.29) is 23.7 Å². The largest absolute Gasteiger partial charge is 0.496 e. The summed E-state index contributed by atoms with van der Waals surface area (Å²) in [7, 11) is 3.13. The highest BCUT2D eigenvalue weighted by Crippen LogP contribution is 2.40. The number of hydrogen-bond donors (Lipinski definition) is 1. The first-order valence-corrected chi connectivity index (χ1v) is 13.9. The van der Waals surface area contributed by atoms with Gasteiger partial charge in [-0.1, -0.05) is 18.2 Å². The highest BCUT2D eigenvalue weighted by molar-refractivity contribution is 6.12. The molecule has 1 saturated carbocycles. The summed E-state index contributed by atoms with van der Waals surface area (Å²) in [5.74, 6) is 0.0678. The molecule has 2 amide bonds. The number of rotatable bonds is 7. The van der Waals surface area contributed by atoms with Gasteiger partial charge in [-0.2, -0.15) is 0 Å². The van der Waals surface area contributed by atoms with Crippen LogP contribution >= 0.6 is 0 Å². The zero-order valence-electron chi connectivity index (χ0n) is 24.0. The van der Waals surface area contributed by atoms with Crippen LogP contribution in [0.3, 0.4) is 0 Å². The second-order valence-electron chi connectivity index (χ2n) is 10.7. The van der Waals surface area contributed by atoms with Crippen molar-refractivity contribution in [1.29, 1.82) is 0 Å². The van der Waals surface area contributed by atoms with Gasteiger partial charge in [-0.25, -0.2) is 4.39 Å². The fraction of sp³-hybridized carbons (Fsp3) is 0.200. The van der Waals surface area contributed by atoms with E-state index in [1.807, 2.05) is 73.3 Å². The Bertz CT molecular complexity index is 1840. The average molecular weight is 563 g/mol. The fourth-order valence-electron chi connectivity index (χ4n) is 5.48. The molecule has 0 unspecified atom stereocenters. The van der Waals surface area contributed by atoms with Gasteiger partial charge in [0, 0.05) is 29.7 Å². The van der Waals surface area contributed by atoms with Crippen molar-refractivity contribution < 1.29 is 23.1 Å². The molecule has 1 aliphatic carbocycles. The number of amides is 2. The molecular weight excluding hydrogens is 531 g/mol. The minimum atomic E-state index is -0.373. The predicted molar refractivity (Wildman–Crippen MR) is 163 cm³/mol. The van der Waals surface area contributed by atoms with E-state index in [1.54, 1.807) is 26.3 Å². The molecule has 7 heteroatoms. The summed E-state index contributed by atoms with van der Waals surface area (Å²) in [6.07, 6.45) is 1.91. The Hall–Kier alpha value is -4.91. The summed E-state index contributed by atoms with van der Waals surface area (Å²) < 4.78 is 25.4. The Balaban J connectivity index is 1.48. The average Bonchev–Trinajstić information content (AvgIpc) is 3.75. The number of carbonyl (C=O) groups excluding carboxylic acids is 2. The monoisotopic (exact) mass is 562 g/mol. The summed E-state index contributed by atoms with van der Waals surface area (Å²) >= 11 is 0. The Morgan fingerprint density at radius 3 is 2.36 bits per heavy atom. The Kier molecular flexibility index (Phi) is 7.02. The van der Waals surface area contributed by atoms with Crippen LogP contribution in [0.25, 0.3) is 33.4 Å². The maximum absolute atomic E-state index is 14.1. The number of fused-ring (bicyclic) bond motifs is 1. The van der Waals surface area contributed by atoms with Crippen LogP contribution in [-0.4, -0.2) is 32.0 Å². The number of methoxy groups -OCH3 is 1. The summed E-state index contributed by atoms with van der Waals surface area (Å²) in [6, 6.07) is 23.4. The maximum atomic E-state index is 14.1.